The minimum absolute atomic E-state index is 0.0194. The molecule has 1 N–H and O–H groups in total. The Kier molecular flexibility index (Phi) is 7.88. The van der Waals surface area contributed by atoms with E-state index in [1.165, 1.54) is 11.6 Å². The lowest BCUT2D eigenvalue weighted by atomic mass is 10.1. The van der Waals surface area contributed by atoms with Crippen molar-refractivity contribution >= 4 is 45.2 Å². The number of anilines is 1. The number of carbonyl (C=O) groups is 1. The van der Waals surface area contributed by atoms with Crippen LogP contribution in [0.4, 0.5) is 5.69 Å². The Morgan fingerprint density at radius 2 is 1.77 bits per heavy atom. The second-order valence-electron chi connectivity index (χ2n) is 6.77. The molecule has 0 heterocycles. The van der Waals surface area contributed by atoms with Crippen molar-refractivity contribution in [3.8, 4) is 11.8 Å². The van der Waals surface area contributed by atoms with E-state index >= 15 is 0 Å². The van der Waals surface area contributed by atoms with E-state index in [0.29, 0.717) is 28.6 Å². The van der Waals surface area contributed by atoms with Gasteiger partial charge in [-0.25, -0.2) is 0 Å². The number of rotatable bonds is 7. The summed E-state index contributed by atoms with van der Waals surface area (Å²) in [5, 5.41) is 13.0. The zero-order valence-electron chi connectivity index (χ0n) is 16.9. The van der Waals surface area contributed by atoms with Gasteiger partial charge < -0.3 is 10.1 Å². The van der Waals surface area contributed by atoms with Crippen molar-refractivity contribution in [1.29, 1.82) is 5.26 Å². The summed E-state index contributed by atoms with van der Waals surface area (Å²) in [5.74, 6) is 0.0846. The van der Waals surface area contributed by atoms with E-state index in [1.54, 1.807) is 24.3 Å². The number of hydrogen-bond donors (Lipinski definition) is 1. The number of amides is 1. The Morgan fingerprint density at radius 3 is 2.42 bits per heavy atom. The smallest absolute Gasteiger partial charge is 0.266 e. The van der Waals surface area contributed by atoms with Crippen molar-refractivity contribution in [1.82, 2.24) is 0 Å². The quantitative estimate of drug-likeness (QED) is 0.290. The highest BCUT2D eigenvalue weighted by Gasteiger charge is 2.12. The third kappa shape index (κ3) is 6.45. The van der Waals surface area contributed by atoms with Crippen LogP contribution in [0.3, 0.4) is 0 Å². The van der Waals surface area contributed by atoms with Gasteiger partial charge in [-0.2, -0.15) is 5.26 Å². The summed E-state index contributed by atoms with van der Waals surface area (Å²) >= 11 is 9.36. The summed E-state index contributed by atoms with van der Waals surface area (Å²) in [4.78, 5) is 12.6. The molecule has 0 atom stereocenters. The summed E-state index contributed by atoms with van der Waals surface area (Å²) in [6.45, 7) is 2.40. The van der Waals surface area contributed by atoms with E-state index in [2.05, 4.69) is 28.2 Å². The first-order valence-corrected chi connectivity index (χ1v) is 10.8. The lowest BCUT2D eigenvalue weighted by molar-refractivity contribution is -0.112. The summed E-state index contributed by atoms with van der Waals surface area (Å²) in [5.41, 5.74) is 3.36. The van der Waals surface area contributed by atoms with Gasteiger partial charge in [0.1, 0.15) is 24.0 Å². The summed E-state index contributed by atoms with van der Waals surface area (Å²) in [6, 6.07) is 22.3. The lowest BCUT2D eigenvalue weighted by Gasteiger charge is -2.11. The predicted octanol–water partition coefficient (Wildman–Crippen LogP) is 6.79. The second-order valence-corrected chi connectivity index (χ2v) is 8.12. The van der Waals surface area contributed by atoms with Crippen LogP contribution in [0, 0.1) is 11.3 Å². The van der Waals surface area contributed by atoms with Gasteiger partial charge in [-0.1, -0.05) is 58.7 Å². The molecule has 3 rings (SSSR count). The van der Waals surface area contributed by atoms with Crippen molar-refractivity contribution in [2.45, 2.75) is 20.0 Å². The zero-order chi connectivity index (χ0) is 22.2. The van der Waals surface area contributed by atoms with Crippen molar-refractivity contribution in [2.75, 3.05) is 5.32 Å². The SMILES string of the molecule is CCc1ccc(NC(=O)/C(C#N)=C/c2cc(Br)ccc2OCc2ccc(Cl)cc2)cc1. The first-order valence-electron chi connectivity index (χ1n) is 9.67. The van der Waals surface area contributed by atoms with E-state index in [0.717, 1.165) is 16.5 Å². The molecule has 0 unspecified atom stereocenters. The number of nitriles is 1. The molecule has 0 fully saturated rings. The molecule has 0 radical (unpaired) electrons. The van der Waals surface area contributed by atoms with Gasteiger partial charge in [0.05, 0.1) is 0 Å². The van der Waals surface area contributed by atoms with Crippen LogP contribution < -0.4 is 10.1 Å². The van der Waals surface area contributed by atoms with Crippen LogP contribution in [0.2, 0.25) is 5.02 Å². The second kappa shape index (κ2) is 10.8. The number of nitrogens with zero attached hydrogens (tertiary/aromatic N) is 1. The van der Waals surface area contributed by atoms with Crippen LogP contribution in [-0.4, -0.2) is 5.91 Å². The van der Waals surface area contributed by atoms with Crippen LogP contribution >= 0.6 is 27.5 Å². The van der Waals surface area contributed by atoms with E-state index in [-0.39, 0.29) is 5.57 Å². The number of halogens is 2. The van der Waals surface area contributed by atoms with Gasteiger partial charge in [-0.3, -0.25) is 4.79 Å². The number of ether oxygens (including phenoxy) is 1. The number of aryl methyl sites for hydroxylation is 1. The molecule has 0 spiro atoms. The Morgan fingerprint density at radius 1 is 1.10 bits per heavy atom. The maximum atomic E-state index is 12.6. The predicted molar refractivity (Wildman–Crippen MR) is 128 cm³/mol. The number of nitrogens with one attached hydrogen (secondary N) is 1. The fourth-order valence-electron chi connectivity index (χ4n) is 2.83. The van der Waals surface area contributed by atoms with Crippen molar-refractivity contribution in [2.24, 2.45) is 0 Å². The standard InChI is InChI=1S/C25H20BrClN2O2/c1-2-17-5-10-23(11-6-17)29-25(30)20(15-28)13-19-14-21(26)7-12-24(19)31-16-18-3-8-22(27)9-4-18/h3-14H,2,16H2,1H3,(H,29,30)/b20-13+. The minimum Gasteiger partial charge on any atom is -0.488 e. The van der Waals surface area contributed by atoms with Crippen LogP contribution in [0.1, 0.15) is 23.6 Å². The molecule has 0 bridgehead atoms. The molecule has 6 heteroatoms. The fourth-order valence-corrected chi connectivity index (χ4v) is 3.34. The average molecular weight is 496 g/mol. The molecule has 31 heavy (non-hydrogen) atoms. The first-order chi connectivity index (χ1) is 15.0. The largest absolute Gasteiger partial charge is 0.488 e. The summed E-state index contributed by atoms with van der Waals surface area (Å²) in [6.07, 6.45) is 2.44. The lowest BCUT2D eigenvalue weighted by Crippen LogP contribution is -2.13. The van der Waals surface area contributed by atoms with Crippen LogP contribution in [0.5, 0.6) is 5.75 Å². The van der Waals surface area contributed by atoms with Gasteiger partial charge in [0.15, 0.2) is 0 Å². The molecule has 1 amide bonds. The van der Waals surface area contributed by atoms with Gasteiger partial charge in [0.25, 0.3) is 5.91 Å². The van der Waals surface area contributed by atoms with Gasteiger partial charge >= 0.3 is 0 Å². The molecule has 0 aliphatic rings. The number of benzene rings is 3. The highest BCUT2D eigenvalue weighted by molar-refractivity contribution is 9.10. The molecule has 0 saturated carbocycles. The molecule has 3 aromatic carbocycles. The topological polar surface area (TPSA) is 62.1 Å². The van der Waals surface area contributed by atoms with Gasteiger partial charge in [0, 0.05) is 20.7 Å². The monoisotopic (exact) mass is 494 g/mol. The average Bonchev–Trinajstić information content (AvgIpc) is 2.78. The molecule has 0 saturated heterocycles. The Hall–Kier alpha value is -3.07. The molecular formula is C25H20BrClN2O2. The number of hydrogen-bond acceptors (Lipinski definition) is 3. The molecule has 4 nitrogen and oxygen atoms in total. The molecule has 0 aliphatic carbocycles. The van der Waals surface area contributed by atoms with Gasteiger partial charge in [0.2, 0.25) is 0 Å². The normalized spacial score (nSPS) is 11.0. The third-order valence-corrected chi connectivity index (χ3v) is 5.31. The van der Waals surface area contributed by atoms with Crippen molar-refractivity contribution in [3.63, 3.8) is 0 Å². The van der Waals surface area contributed by atoms with Crippen LogP contribution in [0.15, 0.2) is 76.8 Å². The Balaban J connectivity index is 1.80. The maximum Gasteiger partial charge on any atom is 0.266 e. The molecular weight excluding hydrogens is 476 g/mol. The van der Waals surface area contributed by atoms with E-state index in [1.807, 2.05) is 48.5 Å². The first kappa shape index (κ1) is 22.6. The summed E-state index contributed by atoms with van der Waals surface area (Å²) < 4.78 is 6.75. The van der Waals surface area contributed by atoms with Crippen molar-refractivity contribution < 1.29 is 9.53 Å². The molecule has 0 aromatic heterocycles. The molecule has 3 aromatic rings. The Bertz CT molecular complexity index is 1130. The van der Waals surface area contributed by atoms with Crippen LogP contribution in [-0.2, 0) is 17.8 Å². The zero-order valence-corrected chi connectivity index (χ0v) is 19.2. The van der Waals surface area contributed by atoms with Crippen molar-refractivity contribution in [3.05, 3.63) is 98.5 Å². The summed E-state index contributed by atoms with van der Waals surface area (Å²) in [7, 11) is 0. The highest BCUT2D eigenvalue weighted by Crippen LogP contribution is 2.27. The fraction of sp³-hybridized carbons (Fsp3) is 0.120. The van der Waals surface area contributed by atoms with E-state index in [4.69, 9.17) is 16.3 Å². The molecule has 0 aliphatic heterocycles. The van der Waals surface area contributed by atoms with E-state index < -0.39 is 5.91 Å². The van der Waals surface area contributed by atoms with Gasteiger partial charge in [-0.15, -0.1) is 0 Å². The maximum absolute atomic E-state index is 12.6. The molecule has 156 valence electrons. The van der Waals surface area contributed by atoms with Crippen LogP contribution in [0.25, 0.3) is 6.08 Å². The number of carbonyl (C=O) groups excluding carboxylic acids is 1. The minimum atomic E-state index is -0.477. The van der Waals surface area contributed by atoms with Gasteiger partial charge in [-0.05, 0) is 66.1 Å². The Labute approximate surface area is 195 Å². The third-order valence-electron chi connectivity index (χ3n) is 4.56. The van der Waals surface area contributed by atoms with E-state index in [9.17, 15) is 10.1 Å². The highest BCUT2D eigenvalue weighted by atomic mass is 79.9.